The van der Waals surface area contributed by atoms with Gasteiger partial charge in [-0.25, -0.2) is 0 Å². The molecule has 3 aromatic carbocycles. The predicted molar refractivity (Wildman–Crippen MR) is 399 cm³/mol. The lowest BCUT2D eigenvalue weighted by atomic mass is 9.96. The predicted octanol–water partition coefficient (Wildman–Crippen LogP) is 1.32. The molecular formula is C75H120N16O13. The monoisotopic (exact) mass is 1450 g/mol. The van der Waals surface area contributed by atoms with Gasteiger partial charge in [0.25, 0.3) is 0 Å². The molecule has 29 heteroatoms. The van der Waals surface area contributed by atoms with Crippen LogP contribution in [0.2, 0.25) is 0 Å². The SMILES string of the molecule is CC[C@H](C)[C@H](NC(=O)[C@H](Cc1ccc(O)cc1)NC(=O)[C@H](CCCCN)NC(=O)[C@H](CCCCN)NC(=O)CCCCCNC(C)=O)C(=O)N[C@@H](CCCCN)C(=O)N[C@H](C(=O)N[C@@H](Cc1ccccc1)C(=O)N[C@H](C(=O)N[C@@H](Cc1ccccc1)C(=O)N[C@@H](CCCCN)C(N)=O)C(C)C)C(C)C. The molecule has 0 saturated heterocycles. The van der Waals surface area contributed by atoms with Crippen LogP contribution in [-0.4, -0.2) is 169 Å². The number of amides is 12. The largest absolute Gasteiger partial charge is 0.508 e. The summed E-state index contributed by atoms with van der Waals surface area (Å²) in [6.07, 6.45) is 6.38. The number of aromatic hydroxyl groups is 1. The number of hydrogen-bond acceptors (Lipinski definition) is 17. The van der Waals surface area contributed by atoms with Crippen LogP contribution in [0.3, 0.4) is 0 Å². The molecule has 29 nitrogen and oxygen atoms in total. The van der Waals surface area contributed by atoms with Crippen molar-refractivity contribution in [1.29, 1.82) is 0 Å². The van der Waals surface area contributed by atoms with Crippen LogP contribution in [0, 0.1) is 17.8 Å². The maximum absolute atomic E-state index is 14.9. The highest BCUT2D eigenvalue weighted by Gasteiger charge is 2.38. The number of hydrogen-bond donors (Lipinski definition) is 17. The number of carbonyl (C=O) groups excluding carboxylic acids is 12. The van der Waals surface area contributed by atoms with Crippen molar-refractivity contribution in [3.63, 3.8) is 0 Å². The Morgan fingerprint density at radius 2 is 0.692 bits per heavy atom. The highest BCUT2D eigenvalue weighted by atomic mass is 16.3. The van der Waals surface area contributed by atoms with Crippen molar-refractivity contribution in [3.8, 4) is 5.75 Å². The van der Waals surface area contributed by atoms with E-state index in [2.05, 4.69) is 58.5 Å². The summed E-state index contributed by atoms with van der Waals surface area (Å²) in [6.45, 7) is 13.4. The molecule has 104 heavy (non-hydrogen) atoms. The summed E-state index contributed by atoms with van der Waals surface area (Å²) in [7, 11) is 0. The first-order chi connectivity index (χ1) is 49.7. The summed E-state index contributed by atoms with van der Waals surface area (Å²) in [5, 5.41) is 40.9. The van der Waals surface area contributed by atoms with Gasteiger partial charge in [0.05, 0.1) is 0 Å². The molecule has 0 spiro atoms. The Balaban J connectivity index is 1.97. The molecule has 3 aromatic rings. The normalized spacial score (nSPS) is 14.4. The maximum Gasteiger partial charge on any atom is 0.243 e. The minimum absolute atomic E-state index is 0.00991. The first-order valence-electron chi connectivity index (χ1n) is 36.9. The van der Waals surface area contributed by atoms with Crippen molar-refractivity contribution >= 4 is 70.9 Å². The summed E-state index contributed by atoms with van der Waals surface area (Å²) in [6, 6.07) is 11.0. The fraction of sp³-hybridized carbons (Fsp3) is 0.600. The number of nitrogens with two attached hydrogens (primary N) is 5. The lowest BCUT2D eigenvalue weighted by Gasteiger charge is -2.31. The van der Waals surface area contributed by atoms with E-state index in [4.69, 9.17) is 28.7 Å². The zero-order chi connectivity index (χ0) is 77.1. The number of benzene rings is 3. The van der Waals surface area contributed by atoms with Gasteiger partial charge in [0.15, 0.2) is 0 Å². The third kappa shape index (κ3) is 34.0. The fourth-order valence-electron chi connectivity index (χ4n) is 11.5. The Kier molecular flexibility index (Phi) is 42.5. The zero-order valence-corrected chi connectivity index (χ0v) is 62.0. The molecule has 3 rings (SSSR count). The van der Waals surface area contributed by atoms with Crippen molar-refractivity contribution in [2.24, 2.45) is 46.4 Å². The van der Waals surface area contributed by atoms with Gasteiger partial charge >= 0.3 is 0 Å². The summed E-state index contributed by atoms with van der Waals surface area (Å²) in [5.74, 6) is -9.87. The Bertz CT molecular complexity index is 3150. The van der Waals surface area contributed by atoms with E-state index in [-0.39, 0.29) is 82.0 Å². The van der Waals surface area contributed by atoms with Gasteiger partial charge in [-0.2, -0.15) is 0 Å². The molecule has 0 aromatic heterocycles. The molecule has 0 radical (unpaired) electrons. The van der Waals surface area contributed by atoms with Crippen LogP contribution in [-0.2, 0) is 76.8 Å². The molecule has 0 aliphatic carbocycles. The number of phenolic OH excluding ortho intramolecular Hbond substituents is 1. The van der Waals surface area contributed by atoms with Crippen LogP contribution in [0.15, 0.2) is 84.9 Å². The fourth-order valence-corrected chi connectivity index (χ4v) is 11.5. The second-order valence-corrected chi connectivity index (χ2v) is 27.4. The number of phenols is 1. The summed E-state index contributed by atoms with van der Waals surface area (Å²) in [4.78, 5) is 168. The Morgan fingerprint density at radius 1 is 0.365 bits per heavy atom. The van der Waals surface area contributed by atoms with Gasteiger partial charge < -0.3 is 92.3 Å². The van der Waals surface area contributed by atoms with Crippen LogP contribution in [0.4, 0.5) is 0 Å². The molecule has 0 heterocycles. The van der Waals surface area contributed by atoms with E-state index in [1.165, 1.54) is 19.1 Å². The molecule has 578 valence electrons. The third-order valence-corrected chi connectivity index (χ3v) is 17.9. The zero-order valence-electron chi connectivity index (χ0n) is 62.0. The van der Waals surface area contributed by atoms with Gasteiger partial charge in [-0.05, 0) is 163 Å². The maximum atomic E-state index is 14.9. The van der Waals surface area contributed by atoms with Crippen LogP contribution in [0.5, 0.6) is 5.75 Å². The van der Waals surface area contributed by atoms with Gasteiger partial charge in [-0.15, -0.1) is 0 Å². The summed E-state index contributed by atoms with van der Waals surface area (Å²) < 4.78 is 0. The highest BCUT2D eigenvalue weighted by molar-refractivity contribution is 5.99. The lowest BCUT2D eigenvalue weighted by Crippen LogP contribution is -2.62. The molecule has 0 aliphatic heterocycles. The smallest absolute Gasteiger partial charge is 0.243 e. The molecule has 11 atom stereocenters. The van der Waals surface area contributed by atoms with Gasteiger partial charge in [-0.3, -0.25) is 57.5 Å². The van der Waals surface area contributed by atoms with E-state index < -0.39 is 137 Å². The Morgan fingerprint density at radius 3 is 1.09 bits per heavy atom. The summed E-state index contributed by atoms with van der Waals surface area (Å²) >= 11 is 0. The molecule has 0 bridgehead atoms. The van der Waals surface area contributed by atoms with Gasteiger partial charge in [0.1, 0.15) is 66.2 Å². The van der Waals surface area contributed by atoms with E-state index in [9.17, 15) is 62.6 Å². The number of primary amides is 1. The van der Waals surface area contributed by atoms with Crippen LogP contribution < -0.4 is 87.2 Å². The first kappa shape index (κ1) is 89.2. The molecule has 0 saturated carbocycles. The van der Waals surface area contributed by atoms with Crippen molar-refractivity contribution in [2.75, 3.05) is 32.7 Å². The van der Waals surface area contributed by atoms with Crippen molar-refractivity contribution in [1.82, 2.24) is 58.5 Å². The molecule has 0 fully saturated rings. The Labute approximate surface area is 613 Å². The van der Waals surface area contributed by atoms with Crippen LogP contribution >= 0.6 is 0 Å². The average molecular weight is 1450 g/mol. The van der Waals surface area contributed by atoms with Crippen LogP contribution in [0.25, 0.3) is 0 Å². The second-order valence-electron chi connectivity index (χ2n) is 27.4. The second kappa shape index (κ2) is 49.6. The Hall–Kier alpha value is -9.06. The number of carbonyl (C=O) groups is 12. The van der Waals surface area contributed by atoms with Gasteiger partial charge in [0, 0.05) is 39.2 Å². The van der Waals surface area contributed by atoms with Crippen molar-refractivity contribution in [2.45, 2.75) is 237 Å². The van der Waals surface area contributed by atoms with E-state index in [0.29, 0.717) is 113 Å². The minimum Gasteiger partial charge on any atom is -0.508 e. The molecule has 12 amide bonds. The van der Waals surface area contributed by atoms with Crippen molar-refractivity contribution in [3.05, 3.63) is 102 Å². The van der Waals surface area contributed by atoms with Gasteiger partial charge in [0.2, 0.25) is 70.9 Å². The third-order valence-electron chi connectivity index (χ3n) is 17.9. The summed E-state index contributed by atoms with van der Waals surface area (Å²) in [5.41, 5.74) is 30.8. The highest BCUT2D eigenvalue weighted by Crippen LogP contribution is 2.18. The van der Waals surface area contributed by atoms with E-state index in [0.717, 1.165) is 0 Å². The average Bonchev–Trinajstić information content (AvgIpc) is 0.847. The quantitative estimate of drug-likeness (QED) is 0.0354. The molecular weight excluding hydrogens is 1330 g/mol. The van der Waals surface area contributed by atoms with Gasteiger partial charge in [-0.1, -0.05) is 127 Å². The number of unbranched alkanes of at least 4 members (excludes halogenated alkanes) is 6. The first-order valence-corrected chi connectivity index (χ1v) is 36.9. The molecule has 0 unspecified atom stereocenters. The van der Waals surface area contributed by atoms with Crippen molar-refractivity contribution < 1.29 is 62.6 Å². The molecule has 0 aliphatic rings. The van der Waals surface area contributed by atoms with E-state index >= 15 is 0 Å². The topological polar surface area (TPSA) is 487 Å². The number of nitrogens with one attached hydrogen (secondary N) is 11. The molecule has 22 N–H and O–H groups in total. The van der Waals surface area contributed by atoms with Crippen LogP contribution in [0.1, 0.15) is 174 Å². The standard InChI is InChI=1S/C75H120N16O13/c1-8-49(6)65(91-72(101)60(46-53-35-37-54(93)38-36-53)86-68(97)57(32-19-23-41-78)84-67(96)56(31-18-22-40-77)82-62(94)34-16-11-25-43-81-50(7)92)75(104)85-58(33-20-24-42-79)69(98)89-63(47(2)3)73(102)88-61(45-52-28-14-10-15-29-52)71(100)90-64(48(4)5)74(103)87-59(44-51-26-12-9-13-27-51)70(99)83-55(66(80)95)30-17-21-39-76/h9-10,12-15,26-29,35-38,47-49,55-61,63-65,93H,8,11,16-25,30-34,39-46,76-79H2,1-7H3,(H2,80,95)(H,81,92)(H,82,94)(H,83,99)(H,84,96)(H,85,104)(H,86,97)(H,87,103)(H,88,102)(H,89,98)(H,90,100)(H,91,101)/t49-,55-,56-,57-,58-,59-,60-,61-,63-,64-,65-/m0/s1. The number of rotatable bonds is 52. The van der Waals surface area contributed by atoms with E-state index in [1.54, 1.807) is 114 Å². The minimum atomic E-state index is -1.41. The lowest BCUT2D eigenvalue weighted by molar-refractivity contribution is -0.137. The van der Waals surface area contributed by atoms with E-state index in [1.807, 2.05) is 0 Å².